The molecule has 0 unspecified atom stereocenters. The summed E-state index contributed by atoms with van der Waals surface area (Å²) in [6.07, 6.45) is 0. The molecule has 0 N–H and O–H groups in total. The highest BCUT2D eigenvalue weighted by Gasteiger charge is 2.14. The first-order chi connectivity index (χ1) is 16.7. The van der Waals surface area contributed by atoms with Crippen molar-refractivity contribution in [3.05, 3.63) is 120 Å². The third kappa shape index (κ3) is 3.57. The summed E-state index contributed by atoms with van der Waals surface area (Å²) in [7, 11) is 0. The van der Waals surface area contributed by atoms with E-state index in [0.29, 0.717) is 5.56 Å². The fourth-order valence-electron chi connectivity index (χ4n) is 4.72. The molecule has 0 saturated carbocycles. The number of rotatable bonds is 3. The Balaban J connectivity index is 1.64. The second-order valence-electron chi connectivity index (χ2n) is 8.65. The summed E-state index contributed by atoms with van der Waals surface area (Å²) in [4.78, 5) is 0. The van der Waals surface area contributed by atoms with E-state index in [4.69, 9.17) is 0 Å². The maximum absolute atomic E-state index is 9.54. The van der Waals surface area contributed by atoms with Gasteiger partial charge in [-0.1, -0.05) is 72.8 Å². The van der Waals surface area contributed by atoms with Gasteiger partial charge in [0.25, 0.3) is 0 Å². The average Bonchev–Trinajstić information content (AvgIpc) is 3.27. The van der Waals surface area contributed by atoms with E-state index in [9.17, 15) is 5.26 Å². The first kappa shape index (κ1) is 20.4. The summed E-state index contributed by atoms with van der Waals surface area (Å²) in [6.45, 7) is 2.05. The van der Waals surface area contributed by atoms with E-state index in [0.717, 1.165) is 16.7 Å². The molecule has 0 radical (unpaired) electrons. The molecular weight excluding hydrogens is 430 g/mol. The lowest BCUT2D eigenvalue weighted by molar-refractivity contribution is 1.42. The van der Waals surface area contributed by atoms with Gasteiger partial charge in [-0.05, 0) is 76.7 Å². The zero-order valence-corrected chi connectivity index (χ0v) is 19.6. The minimum absolute atomic E-state index is 0.692. The minimum Gasteiger partial charge on any atom is -0.192 e. The summed E-state index contributed by atoms with van der Waals surface area (Å²) in [6, 6.07) is 40.9. The molecule has 2 heteroatoms. The predicted molar refractivity (Wildman–Crippen MR) is 145 cm³/mol. The number of benzene rings is 5. The number of thiophene rings is 1. The van der Waals surface area contributed by atoms with Gasteiger partial charge in [-0.25, -0.2) is 0 Å². The highest BCUT2D eigenvalue weighted by molar-refractivity contribution is 7.26. The van der Waals surface area contributed by atoms with Gasteiger partial charge in [-0.2, -0.15) is 5.26 Å². The van der Waals surface area contributed by atoms with Crippen molar-refractivity contribution in [1.29, 1.82) is 5.26 Å². The lowest BCUT2D eigenvalue weighted by Crippen LogP contribution is -1.87. The van der Waals surface area contributed by atoms with Crippen LogP contribution in [0.15, 0.2) is 109 Å². The summed E-state index contributed by atoms with van der Waals surface area (Å²) in [5.74, 6) is 0. The highest BCUT2D eigenvalue weighted by Crippen LogP contribution is 2.43. The first-order valence-electron chi connectivity index (χ1n) is 11.3. The van der Waals surface area contributed by atoms with E-state index in [-0.39, 0.29) is 0 Å². The van der Waals surface area contributed by atoms with Crippen molar-refractivity contribution in [2.75, 3.05) is 0 Å². The van der Waals surface area contributed by atoms with Crippen LogP contribution in [0, 0.1) is 18.3 Å². The van der Waals surface area contributed by atoms with Crippen molar-refractivity contribution in [2.24, 2.45) is 0 Å². The van der Waals surface area contributed by atoms with Crippen LogP contribution < -0.4 is 0 Å². The van der Waals surface area contributed by atoms with Crippen LogP contribution in [-0.4, -0.2) is 0 Å². The fourth-order valence-corrected chi connectivity index (χ4v) is 5.94. The standard InChI is InChI=1S/C32H21NS/c1-21-14-22(20-33)16-26(15-21)27-18-29(32-30(19-27)28-12-5-6-13-31(28)34-32)25-11-7-10-24(17-25)23-8-3-2-4-9-23/h2-19H,1H3. The second kappa shape index (κ2) is 8.30. The summed E-state index contributed by atoms with van der Waals surface area (Å²) in [5, 5.41) is 12.1. The van der Waals surface area contributed by atoms with Crippen LogP contribution in [-0.2, 0) is 0 Å². The summed E-state index contributed by atoms with van der Waals surface area (Å²) in [5.41, 5.74) is 8.85. The molecule has 6 rings (SSSR count). The van der Waals surface area contributed by atoms with Crippen molar-refractivity contribution >= 4 is 31.5 Å². The topological polar surface area (TPSA) is 23.8 Å². The van der Waals surface area contributed by atoms with Gasteiger partial charge in [0.15, 0.2) is 0 Å². The van der Waals surface area contributed by atoms with E-state index in [1.54, 1.807) is 0 Å². The molecule has 0 atom stereocenters. The highest BCUT2D eigenvalue weighted by atomic mass is 32.1. The molecule has 5 aromatic carbocycles. The lowest BCUT2D eigenvalue weighted by Gasteiger charge is -2.11. The second-order valence-corrected chi connectivity index (χ2v) is 9.70. The van der Waals surface area contributed by atoms with Crippen molar-refractivity contribution in [1.82, 2.24) is 0 Å². The van der Waals surface area contributed by atoms with E-state index < -0.39 is 0 Å². The molecular formula is C32H21NS. The van der Waals surface area contributed by atoms with Crippen LogP contribution in [0.4, 0.5) is 0 Å². The summed E-state index contributed by atoms with van der Waals surface area (Å²) >= 11 is 1.85. The quantitative estimate of drug-likeness (QED) is 0.263. The monoisotopic (exact) mass is 451 g/mol. The van der Waals surface area contributed by atoms with Gasteiger partial charge < -0.3 is 0 Å². The van der Waals surface area contributed by atoms with E-state index in [1.165, 1.54) is 42.4 Å². The number of aryl methyl sites for hydroxylation is 1. The number of hydrogen-bond donors (Lipinski definition) is 0. The zero-order valence-electron chi connectivity index (χ0n) is 18.7. The molecule has 0 aliphatic rings. The Kier molecular flexibility index (Phi) is 4.99. The molecule has 0 saturated heterocycles. The van der Waals surface area contributed by atoms with Crippen molar-refractivity contribution in [3.8, 4) is 39.4 Å². The van der Waals surface area contributed by atoms with Gasteiger partial charge in [0.1, 0.15) is 0 Å². The number of nitriles is 1. The first-order valence-corrected chi connectivity index (χ1v) is 12.1. The Morgan fingerprint density at radius 1 is 0.588 bits per heavy atom. The number of hydrogen-bond acceptors (Lipinski definition) is 2. The average molecular weight is 452 g/mol. The molecule has 1 heterocycles. The molecule has 0 fully saturated rings. The largest absolute Gasteiger partial charge is 0.192 e. The van der Waals surface area contributed by atoms with Crippen LogP contribution in [0.1, 0.15) is 11.1 Å². The molecule has 0 amide bonds. The fraction of sp³-hybridized carbons (Fsp3) is 0.0312. The van der Waals surface area contributed by atoms with E-state index in [1.807, 2.05) is 30.4 Å². The van der Waals surface area contributed by atoms with E-state index in [2.05, 4.69) is 103 Å². The predicted octanol–water partition coefficient (Wildman–Crippen LogP) is 9.24. The van der Waals surface area contributed by atoms with Gasteiger partial charge in [0.2, 0.25) is 0 Å². The Labute approximate surface area is 203 Å². The zero-order chi connectivity index (χ0) is 23.1. The summed E-state index contributed by atoms with van der Waals surface area (Å²) < 4.78 is 2.58. The van der Waals surface area contributed by atoms with Gasteiger partial charge in [0, 0.05) is 25.7 Å². The normalized spacial score (nSPS) is 11.1. The molecule has 6 aromatic rings. The molecule has 1 aromatic heterocycles. The minimum atomic E-state index is 0.692. The third-order valence-electron chi connectivity index (χ3n) is 6.30. The Morgan fingerprint density at radius 2 is 1.32 bits per heavy atom. The maximum Gasteiger partial charge on any atom is 0.0991 e. The Morgan fingerprint density at radius 3 is 2.18 bits per heavy atom. The number of fused-ring (bicyclic) bond motifs is 3. The Hall–Kier alpha value is -4.19. The van der Waals surface area contributed by atoms with Crippen LogP contribution >= 0.6 is 11.3 Å². The number of nitrogens with zero attached hydrogens (tertiary/aromatic N) is 1. The molecule has 0 bridgehead atoms. The van der Waals surface area contributed by atoms with Crippen LogP contribution in [0.5, 0.6) is 0 Å². The van der Waals surface area contributed by atoms with Crippen LogP contribution in [0.2, 0.25) is 0 Å². The van der Waals surface area contributed by atoms with E-state index >= 15 is 0 Å². The van der Waals surface area contributed by atoms with Crippen molar-refractivity contribution in [3.63, 3.8) is 0 Å². The van der Waals surface area contributed by atoms with Crippen LogP contribution in [0.25, 0.3) is 53.6 Å². The lowest BCUT2D eigenvalue weighted by atomic mass is 9.93. The van der Waals surface area contributed by atoms with Gasteiger partial charge in [-0.3, -0.25) is 0 Å². The van der Waals surface area contributed by atoms with Gasteiger partial charge >= 0.3 is 0 Å². The van der Waals surface area contributed by atoms with Crippen molar-refractivity contribution in [2.45, 2.75) is 6.92 Å². The van der Waals surface area contributed by atoms with Crippen molar-refractivity contribution < 1.29 is 0 Å². The maximum atomic E-state index is 9.54. The van der Waals surface area contributed by atoms with Gasteiger partial charge in [-0.15, -0.1) is 11.3 Å². The van der Waals surface area contributed by atoms with Crippen LogP contribution in [0.3, 0.4) is 0 Å². The smallest absolute Gasteiger partial charge is 0.0991 e. The molecule has 160 valence electrons. The molecule has 0 aliphatic heterocycles. The molecule has 1 nitrogen and oxygen atoms in total. The molecule has 34 heavy (non-hydrogen) atoms. The molecule has 0 aliphatic carbocycles. The SMILES string of the molecule is Cc1cc(C#N)cc(-c2cc(-c3cccc(-c4ccccc4)c3)c3sc4ccccc4c3c2)c1. The Bertz CT molecular complexity index is 1720. The third-order valence-corrected chi connectivity index (χ3v) is 7.52. The molecule has 0 spiro atoms. The van der Waals surface area contributed by atoms with Gasteiger partial charge in [0.05, 0.1) is 11.6 Å².